The average molecular weight is 808 g/mol. The zero-order chi connectivity index (χ0) is 41.7. The Labute approximate surface area is 370 Å². The number of hydrogen-bond donors (Lipinski definition) is 0. The van der Waals surface area contributed by atoms with Crippen LogP contribution in [0.25, 0.3) is 115 Å². The van der Waals surface area contributed by atoms with E-state index in [1.54, 1.807) is 0 Å². The summed E-state index contributed by atoms with van der Waals surface area (Å²) in [5.74, 6) is 0. The minimum atomic E-state index is -0.353. The van der Waals surface area contributed by atoms with Crippen LogP contribution in [-0.2, 0) is 5.41 Å². The lowest BCUT2D eigenvalue weighted by Gasteiger charge is -2.30. The maximum Gasteiger partial charge on any atom is 0.0725 e. The first-order chi connectivity index (χ1) is 31.8. The smallest absolute Gasteiger partial charge is 0.0725 e. The number of para-hydroxylation sites is 1. The van der Waals surface area contributed by atoms with Gasteiger partial charge in [-0.3, -0.25) is 0 Å². The van der Waals surface area contributed by atoms with E-state index in [2.05, 4.69) is 229 Å². The number of benzene rings is 12. The molecule has 294 valence electrons. The molecular formula is C63H37N. The zero-order valence-electron chi connectivity index (χ0n) is 34.8. The third kappa shape index (κ3) is 4.29. The second kappa shape index (κ2) is 12.4. The molecule has 1 heteroatoms. The number of rotatable bonds is 3. The summed E-state index contributed by atoms with van der Waals surface area (Å²) in [7, 11) is 0. The van der Waals surface area contributed by atoms with Gasteiger partial charge in [-0.1, -0.05) is 188 Å². The first-order valence-corrected chi connectivity index (χ1v) is 22.4. The van der Waals surface area contributed by atoms with Crippen LogP contribution in [0, 0.1) is 0 Å². The van der Waals surface area contributed by atoms with E-state index < -0.39 is 0 Å². The van der Waals surface area contributed by atoms with Crippen molar-refractivity contribution in [2.75, 3.05) is 0 Å². The maximum atomic E-state index is 2.54. The van der Waals surface area contributed by atoms with Crippen LogP contribution in [0.3, 0.4) is 0 Å². The molecule has 0 amide bonds. The highest BCUT2D eigenvalue weighted by Gasteiger charge is 2.51. The molecule has 2 aliphatic rings. The van der Waals surface area contributed by atoms with Gasteiger partial charge in [0.2, 0.25) is 0 Å². The number of nitrogens with zero attached hydrogens (tertiary/aromatic N) is 1. The fraction of sp³-hybridized carbons (Fsp3) is 0.0159. The molecule has 13 aromatic rings. The van der Waals surface area contributed by atoms with Gasteiger partial charge in [-0.2, -0.15) is 0 Å². The second-order valence-electron chi connectivity index (χ2n) is 17.9. The van der Waals surface area contributed by atoms with Gasteiger partial charge in [-0.15, -0.1) is 0 Å². The molecule has 0 radical (unpaired) electrons. The lowest BCUT2D eigenvalue weighted by Crippen LogP contribution is -2.25. The van der Waals surface area contributed by atoms with E-state index in [-0.39, 0.29) is 5.41 Å². The summed E-state index contributed by atoms with van der Waals surface area (Å²) in [6.45, 7) is 0. The molecular weight excluding hydrogens is 771 g/mol. The summed E-state index contributed by atoms with van der Waals surface area (Å²) in [5, 5.41) is 12.9. The van der Waals surface area contributed by atoms with Crippen molar-refractivity contribution < 1.29 is 0 Å². The minimum absolute atomic E-state index is 0.353. The molecule has 0 N–H and O–H groups in total. The van der Waals surface area contributed by atoms with Crippen LogP contribution in [0.4, 0.5) is 0 Å². The molecule has 1 heterocycles. The summed E-state index contributed by atoms with van der Waals surface area (Å²) in [5.41, 5.74) is 19.0. The van der Waals surface area contributed by atoms with Gasteiger partial charge in [0.05, 0.1) is 16.4 Å². The third-order valence-corrected chi connectivity index (χ3v) is 14.9. The Kier molecular flexibility index (Phi) is 6.67. The molecule has 0 unspecified atom stereocenters. The Morgan fingerprint density at radius 3 is 1.64 bits per heavy atom. The van der Waals surface area contributed by atoms with Crippen molar-refractivity contribution >= 4 is 64.9 Å². The largest absolute Gasteiger partial charge is 0.309 e. The molecule has 0 saturated carbocycles. The van der Waals surface area contributed by atoms with E-state index in [1.807, 2.05) is 0 Å². The zero-order valence-corrected chi connectivity index (χ0v) is 34.8. The number of hydrogen-bond acceptors (Lipinski definition) is 0. The number of fused-ring (bicyclic) bond motifs is 16. The van der Waals surface area contributed by atoms with Gasteiger partial charge in [0.15, 0.2) is 0 Å². The van der Waals surface area contributed by atoms with Crippen molar-refractivity contribution in [1.29, 1.82) is 0 Å². The fourth-order valence-electron chi connectivity index (χ4n) is 12.4. The average Bonchev–Trinajstić information content (AvgIpc) is 3.98. The lowest BCUT2D eigenvalue weighted by atomic mass is 9.70. The van der Waals surface area contributed by atoms with E-state index in [9.17, 15) is 0 Å². The molecule has 0 saturated heterocycles. The van der Waals surface area contributed by atoms with Crippen LogP contribution in [0.15, 0.2) is 224 Å². The summed E-state index contributed by atoms with van der Waals surface area (Å²) >= 11 is 0. The lowest BCUT2D eigenvalue weighted by molar-refractivity contribution is 0.794. The van der Waals surface area contributed by atoms with Crippen molar-refractivity contribution in [3.8, 4) is 50.2 Å². The van der Waals surface area contributed by atoms with Crippen molar-refractivity contribution in [2.45, 2.75) is 5.41 Å². The summed E-state index contributed by atoms with van der Waals surface area (Å²) in [6.07, 6.45) is 0. The van der Waals surface area contributed by atoms with Gasteiger partial charge in [-0.05, 0) is 135 Å². The molecule has 2 aliphatic carbocycles. The topological polar surface area (TPSA) is 4.93 Å². The quantitative estimate of drug-likeness (QED) is 0.157. The van der Waals surface area contributed by atoms with Gasteiger partial charge in [0.25, 0.3) is 0 Å². The van der Waals surface area contributed by atoms with Crippen molar-refractivity contribution in [3.63, 3.8) is 0 Å². The summed E-state index contributed by atoms with van der Waals surface area (Å²) in [6, 6.07) is 84.5. The standard InChI is InChI=1S/C63H37N/c1-2-17-44(18-3-1)64-58-37-41(40-31-33-57-53(35-40)47-21-8-11-27-56(47)63(57)54-25-9-6-19-45(54)46-20-7-10-26-55(46)63)30-32-49(58)61-50-23-12-16-43-36-52(42-29-28-38-14-4-5-15-39(38)34-42)48-22-13-24-51(62(61)64)60(48)59(43)50/h1-37H. The Morgan fingerprint density at radius 2 is 0.859 bits per heavy atom. The summed E-state index contributed by atoms with van der Waals surface area (Å²) < 4.78 is 2.54. The van der Waals surface area contributed by atoms with E-state index in [0.717, 1.165) is 5.69 Å². The predicted octanol–water partition coefficient (Wildman–Crippen LogP) is 16.5. The van der Waals surface area contributed by atoms with Gasteiger partial charge in [-0.25, -0.2) is 0 Å². The highest BCUT2D eigenvalue weighted by Crippen LogP contribution is 2.63. The predicted molar refractivity (Wildman–Crippen MR) is 269 cm³/mol. The van der Waals surface area contributed by atoms with Crippen LogP contribution in [0.2, 0.25) is 0 Å². The van der Waals surface area contributed by atoms with Crippen LogP contribution >= 0.6 is 0 Å². The Balaban J connectivity index is 0.999. The van der Waals surface area contributed by atoms with Gasteiger partial charge >= 0.3 is 0 Å². The van der Waals surface area contributed by atoms with Crippen LogP contribution in [0.5, 0.6) is 0 Å². The minimum Gasteiger partial charge on any atom is -0.309 e. The first-order valence-electron chi connectivity index (χ1n) is 22.4. The monoisotopic (exact) mass is 807 g/mol. The Bertz CT molecular complexity index is 4080. The molecule has 64 heavy (non-hydrogen) atoms. The van der Waals surface area contributed by atoms with Crippen LogP contribution in [0.1, 0.15) is 22.3 Å². The SMILES string of the molecule is c1ccc(-n2c3cc(-c4ccc5c(c4)-c4ccccc4C54c5ccccc5-c5ccccc54)ccc3c3c4cccc5cc(-c6ccc7ccccc7c6)c6cccc(c6c54)c32)cc1. The van der Waals surface area contributed by atoms with Crippen molar-refractivity contribution in [3.05, 3.63) is 247 Å². The van der Waals surface area contributed by atoms with Crippen molar-refractivity contribution in [2.24, 2.45) is 0 Å². The molecule has 0 atom stereocenters. The second-order valence-corrected chi connectivity index (χ2v) is 17.9. The first kappa shape index (κ1) is 34.3. The fourth-order valence-corrected chi connectivity index (χ4v) is 12.4. The molecule has 1 nitrogen and oxygen atoms in total. The molecule has 12 aromatic carbocycles. The van der Waals surface area contributed by atoms with Gasteiger partial charge in [0, 0.05) is 27.2 Å². The third-order valence-electron chi connectivity index (χ3n) is 14.9. The van der Waals surface area contributed by atoms with E-state index in [1.165, 1.54) is 132 Å². The molecule has 15 rings (SSSR count). The molecule has 0 fully saturated rings. The Hall–Kier alpha value is -8.26. The van der Waals surface area contributed by atoms with E-state index in [4.69, 9.17) is 0 Å². The Morgan fingerprint density at radius 1 is 0.281 bits per heavy atom. The normalized spacial score (nSPS) is 13.4. The maximum absolute atomic E-state index is 2.54. The molecule has 0 aliphatic heterocycles. The van der Waals surface area contributed by atoms with Gasteiger partial charge < -0.3 is 4.57 Å². The number of aromatic nitrogens is 1. The van der Waals surface area contributed by atoms with E-state index in [0.29, 0.717) is 0 Å². The highest BCUT2D eigenvalue weighted by atomic mass is 15.0. The molecule has 0 bridgehead atoms. The molecule has 1 spiro atoms. The van der Waals surface area contributed by atoms with Crippen LogP contribution in [-0.4, -0.2) is 4.57 Å². The summed E-state index contributed by atoms with van der Waals surface area (Å²) in [4.78, 5) is 0. The van der Waals surface area contributed by atoms with Gasteiger partial charge in [0.1, 0.15) is 0 Å². The van der Waals surface area contributed by atoms with Crippen LogP contribution < -0.4 is 0 Å². The van der Waals surface area contributed by atoms with Crippen molar-refractivity contribution in [1.82, 2.24) is 4.57 Å². The molecule has 1 aromatic heterocycles. The highest BCUT2D eigenvalue weighted by molar-refractivity contribution is 6.39. The van der Waals surface area contributed by atoms with E-state index >= 15 is 0 Å².